The zero-order valence-corrected chi connectivity index (χ0v) is 26.3. The molecule has 15 heteroatoms. The van der Waals surface area contributed by atoms with E-state index in [4.69, 9.17) is 9.47 Å². The van der Waals surface area contributed by atoms with Gasteiger partial charge in [-0.05, 0) is 66.3 Å². The van der Waals surface area contributed by atoms with E-state index in [-0.39, 0.29) is 49.1 Å². The van der Waals surface area contributed by atoms with Gasteiger partial charge in [0.15, 0.2) is 5.65 Å². The highest BCUT2D eigenvalue weighted by Gasteiger charge is 2.44. The number of fused-ring (bicyclic) bond motifs is 2. The molecule has 0 fully saturated rings. The number of alkyl halides is 3. The summed E-state index contributed by atoms with van der Waals surface area (Å²) in [5, 5.41) is 17.3. The molecule has 5 rings (SSSR count). The van der Waals surface area contributed by atoms with Crippen LogP contribution in [0.15, 0.2) is 59.8 Å². The molecule has 0 saturated carbocycles. The van der Waals surface area contributed by atoms with Gasteiger partial charge in [-0.3, -0.25) is 9.20 Å². The summed E-state index contributed by atoms with van der Waals surface area (Å²) in [6, 6.07) is 11.2. The third kappa shape index (κ3) is 6.18. The van der Waals surface area contributed by atoms with E-state index < -0.39 is 39.3 Å². The van der Waals surface area contributed by atoms with Crippen molar-refractivity contribution in [3.63, 3.8) is 0 Å². The molecular formula is C31H34F3N5O6S. The van der Waals surface area contributed by atoms with Crippen LogP contribution < -0.4 is 4.74 Å². The molecule has 0 bridgehead atoms. The summed E-state index contributed by atoms with van der Waals surface area (Å²) in [6.45, 7) is 5.99. The first-order chi connectivity index (χ1) is 21.8. The Hall–Kier alpha value is -4.08. The van der Waals surface area contributed by atoms with Crippen LogP contribution in [0.3, 0.4) is 0 Å². The summed E-state index contributed by atoms with van der Waals surface area (Å²) in [5.74, 6) is -3.36. The Bertz CT molecular complexity index is 1850. The Kier molecular flexibility index (Phi) is 9.38. The minimum atomic E-state index is -4.73. The average molecular weight is 662 g/mol. The molecule has 4 heterocycles. The number of halogens is 3. The molecule has 0 aliphatic carbocycles. The smallest absolute Gasteiger partial charge is 0.452 e. The Morgan fingerprint density at radius 2 is 1.85 bits per heavy atom. The SMILES string of the molecule is CCC(c1ccc(C)c(CN2CCCOCCOc3ncccc3S2(=O)=O)c1)(c1ccn2c(C(F)(F)F)nnc2c1)[C@@H](C)C(=O)O. The van der Waals surface area contributed by atoms with Crippen LogP contribution in [0.2, 0.25) is 0 Å². The molecule has 246 valence electrons. The molecule has 0 spiro atoms. The molecule has 2 atom stereocenters. The van der Waals surface area contributed by atoms with Crippen LogP contribution in [-0.4, -0.2) is 69.7 Å². The molecule has 1 N–H and O–H groups in total. The van der Waals surface area contributed by atoms with E-state index in [1.165, 1.54) is 41.0 Å². The van der Waals surface area contributed by atoms with Gasteiger partial charge in [-0.1, -0.05) is 32.0 Å². The normalized spacial score (nSPS) is 18.1. The first-order valence-corrected chi connectivity index (χ1v) is 16.2. The molecule has 11 nitrogen and oxygen atoms in total. The highest BCUT2D eigenvalue weighted by Crippen LogP contribution is 2.44. The predicted octanol–water partition coefficient (Wildman–Crippen LogP) is 4.86. The number of ether oxygens (including phenoxy) is 2. The van der Waals surface area contributed by atoms with Crippen molar-refractivity contribution in [3.05, 3.63) is 82.9 Å². The number of aromatic nitrogens is 4. The van der Waals surface area contributed by atoms with E-state index in [9.17, 15) is 31.5 Å². The number of carboxylic acids is 1. The van der Waals surface area contributed by atoms with Crippen LogP contribution >= 0.6 is 0 Å². The summed E-state index contributed by atoms with van der Waals surface area (Å²) in [5.41, 5.74) is 1.09. The van der Waals surface area contributed by atoms with Gasteiger partial charge in [0.1, 0.15) is 11.5 Å². The quantitative estimate of drug-likeness (QED) is 0.295. The third-order valence-electron chi connectivity index (χ3n) is 8.57. The number of aryl methyl sites for hydroxylation is 1. The van der Waals surface area contributed by atoms with Crippen LogP contribution in [0.1, 0.15) is 54.8 Å². The number of carboxylic acid groups (broad SMARTS) is 1. The molecule has 1 aromatic carbocycles. The largest absolute Gasteiger partial charge is 0.481 e. The molecule has 46 heavy (non-hydrogen) atoms. The summed E-state index contributed by atoms with van der Waals surface area (Å²) in [7, 11) is -4.10. The Morgan fingerprint density at radius 3 is 2.57 bits per heavy atom. The van der Waals surface area contributed by atoms with Crippen LogP contribution in [0, 0.1) is 12.8 Å². The van der Waals surface area contributed by atoms with Crippen molar-refractivity contribution in [1.82, 2.24) is 23.9 Å². The van der Waals surface area contributed by atoms with Crippen molar-refractivity contribution in [2.75, 3.05) is 26.4 Å². The second kappa shape index (κ2) is 13.0. The molecule has 0 saturated heterocycles. The Morgan fingerprint density at radius 1 is 1.09 bits per heavy atom. The Balaban J connectivity index is 1.62. The summed E-state index contributed by atoms with van der Waals surface area (Å²) >= 11 is 0. The van der Waals surface area contributed by atoms with E-state index in [2.05, 4.69) is 15.2 Å². The fraction of sp³-hybridized carbons (Fsp3) is 0.419. The zero-order valence-electron chi connectivity index (χ0n) is 25.5. The van der Waals surface area contributed by atoms with Crippen molar-refractivity contribution in [1.29, 1.82) is 0 Å². The lowest BCUT2D eigenvalue weighted by Crippen LogP contribution is -2.39. The highest BCUT2D eigenvalue weighted by atomic mass is 32.2. The van der Waals surface area contributed by atoms with Crippen molar-refractivity contribution < 1.29 is 41.0 Å². The molecule has 1 aliphatic heterocycles. The number of rotatable bonds is 7. The van der Waals surface area contributed by atoms with Gasteiger partial charge in [0.2, 0.25) is 21.7 Å². The molecule has 3 aromatic heterocycles. The predicted molar refractivity (Wildman–Crippen MR) is 160 cm³/mol. The van der Waals surface area contributed by atoms with Crippen molar-refractivity contribution in [3.8, 4) is 5.88 Å². The lowest BCUT2D eigenvalue weighted by molar-refractivity contribution is -0.145. The van der Waals surface area contributed by atoms with Gasteiger partial charge in [0.25, 0.3) is 0 Å². The first kappa shape index (κ1) is 33.3. The van der Waals surface area contributed by atoms with Gasteiger partial charge in [-0.2, -0.15) is 17.5 Å². The van der Waals surface area contributed by atoms with Crippen LogP contribution in [0.25, 0.3) is 5.65 Å². The van der Waals surface area contributed by atoms with E-state index in [0.29, 0.717) is 29.7 Å². The van der Waals surface area contributed by atoms with Crippen LogP contribution in [-0.2, 0) is 37.7 Å². The second-order valence-electron chi connectivity index (χ2n) is 11.2. The first-order valence-electron chi connectivity index (χ1n) is 14.7. The standard InChI is InChI=1S/C31H34F3N5O6S/c1-4-30(21(3)28(40)41,24-10-13-39-26(18-24)36-37-29(39)31(32,33)34)23-9-8-20(2)22(17-23)19-38-12-6-14-44-15-16-45-27-25(46(38,42)43)7-5-11-35-27/h5,7-11,13,17-18,21H,4,6,12,14-16,19H2,1-3H3,(H,40,41)/t21-,30?/m0/s1. The van der Waals surface area contributed by atoms with Gasteiger partial charge in [-0.15, -0.1) is 10.2 Å². The topological polar surface area (TPSA) is 136 Å². The van der Waals surface area contributed by atoms with Gasteiger partial charge in [0, 0.05) is 37.5 Å². The molecular weight excluding hydrogens is 627 g/mol. The zero-order chi connectivity index (χ0) is 33.3. The average Bonchev–Trinajstić information content (AvgIpc) is 3.45. The van der Waals surface area contributed by atoms with E-state index in [1.807, 2.05) is 6.92 Å². The monoisotopic (exact) mass is 661 g/mol. The maximum absolute atomic E-state index is 14.0. The third-order valence-corrected chi connectivity index (χ3v) is 10.4. The highest BCUT2D eigenvalue weighted by molar-refractivity contribution is 7.89. The minimum Gasteiger partial charge on any atom is -0.481 e. The van der Waals surface area contributed by atoms with E-state index >= 15 is 0 Å². The molecule has 0 amide bonds. The van der Waals surface area contributed by atoms with Crippen molar-refractivity contribution >= 4 is 21.6 Å². The Labute approximate surface area is 264 Å². The summed E-state index contributed by atoms with van der Waals surface area (Å²) < 4.78 is 81.9. The minimum absolute atomic E-state index is 0.0266. The number of nitrogens with zero attached hydrogens (tertiary/aromatic N) is 5. The van der Waals surface area contributed by atoms with Gasteiger partial charge < -0.3 is 14.6 Å². The summed E-state index contributed by atoms with van der Waals surface area (Å²) in [4.78, 5) is 16.6. The van der Waals surface area contributed by atoms with Gasteiger partial charge in [0.05, 0.1) is 12.5 Å². The number of carbonyl (C=O) groups is 1. The van der Waals surface area contributed by atoms with Crippen molar-refractivity contribution in [2.24, 2.45) is 5.92 Å². The maximum Gasteiger partial charge on any atom is 0.452 e. The number of hydrogen-bond donors (Lipinski definition) is 1. The molecule has 4 aromatic rings. The fourth-order valence-electron chi connectivity index (χ4n) is 6.01. The molecule has 1 unspecified atom stereocenters. The molecule has 1 aliphatic rings. The number of benzene rings is 1. The van der Waals surface area contributed by atoms with Gasteiger partial charge >= 0.3 is 12.1 Å². The fourth-order valence-corrected chi connectivity index (χ4v) is 7.55. The number of hydrogen-bond acceptors (Lipinski definition) is 8. The van der Waals surface area contributed by atoms with Crippen LogP contribution in [0.5, 0.6) is 5.88 Å². The number of sulfonamides is 1. The van der Waals surface area contributed by atoms with Crippen LogP contribution in [0.4, 0.5) is 13.2 Å². The van der Waals surface area contributed by atoms with E-state index in [0.717, 1.165) is 9.96 Å². The van der Waals surface area contributed by atoms with E-state index in [1.54, 1.807) is 32.0 Å². The summed E-state index contributed by atoms with van der Waals surface area (Å²) in [6.07, 6.45) is -1.42. The van der Waals surface area contributed by atoms with Gasteiger partial charge in [-0.25, -0.2) is 13.4 Å². The number of aliphatic carboxylic acids is 1. The van der Waals surface area contributed by atoms with Crippen molar-refractivity contribution in [2.45, 2.75) is 56.6 Å². The second-order valence-corrected chi connectivity index (χ2v) is 13.1. The number of pyridine rings is 2. The molecule has 0 radical (unpaired) electrons. The lowest BCUT2D eigenvalue weighted by atomic mass is 9.64. The maximum atomic E-state index is 14.0. The lowest BCUT2D eigenvalue weighted by Gasteiger charge is -2.38.